The zero-order valence-corrected chi connectivity index (χ0v) is 11.0. The molecule has 4 heteroatoms. The molecule has 0 radical (unpaired) electrons. The fraction of sp³-hybridized carbons (Fsp3) is 0.467. The largest absolute Gasteiger partial charge is 0.482 e. The van der Waals surface area contributed by atoms with Crippen LogP contribution in [0.3, 0.4) is 0 Å². The molecule has 1 aliphatic heterocycles. The van der Waals surface area contributed by atoms with Crippen LogP contribution in [0.25, 0.3) is 0 Å². The van der Waals surface area contributed by atoms with Crippen LogP contribution in [0.4, 0.5) is 5.69 Å². The maximum atomic E-state index is 11.6. The molecule has 0 bridgehead atoms. The fourth-order valence-corrected chi connectivity index (χ4v) is 2.75. The van der Waals surface area contributed by atoms with Crippen molar-refractivity contribution in [3.8, 4) is 11.8 Å². The second-order valence-corrected chi connectivity index (χ2v) is 5.47. The van der Waals surface area contributed by atoms with Gasteiger partial charge in [0.15, 0.2) is 6.61 Å². The molecule has 0 aromatic heterocycles. The van der Waals surface area contributed by atoms with E-state index in [-0.39, 0.29) is 17.9 Å². The number of anilines is 1. The Labute approximate surface area is 112 Å². The number of likely N-dealkylation sites (N-methyl/N-ethyl adjacent to an activating group) is 1. The van der Waals surface area contributed by atoms with E-state index in [2.05, 4.69) is 6.07 Å². The topological polar surface area (TPSA) is 53.3 Å². The summed E-state index contributed by atoms with van der Waals surface area (Å²) in [5.41, 5.74) is 1.72. The highest BCUT2D eigenvalue weighted by Crippen LogP contribution is 2.44. The molecule has 1 aromatic carbocycles. The monoisotopic (exact) mass is 256 g/mol. The number of ether oxygens (including phenoxy) is 1. The van der Waals surface area contributed by atoms with Crippen LogP contribution >= 0.6 is 0 Å². The normalized spacial score (nSPS) is 20.0. The molecular weight excluding hydrogens is 240 g/mol. The van der Waals surface area contributed by atoms with E-state index < -0.39 is 0 Å². The molecule has 0 saturated heterocycles. The number of carbonyl (C=O) groups is 1. The van der Waals surface area contributed by atoms with Gasteiger partial charge in [0.25, 0.3) is 5.91 Å². The first-order valence-electron chi connectivity index (χ1n) is 6.57. The van der Waals surface area contributed by atoms with Crippen LogP contribution in [-0.4, -0.2) is 19.6 Å². The molecule has 4 nitrogen and oxygen atoms in total. The molecule has 1 aliphatic carbocycles. The highest BCUT2D eigenvalue weighted by Gasteiger charge is 2.37. The molecule has 0 unspecified atom stereocenters. The highest BCUT2D eigenvalue weighted by atomic mass is 16.5. The number of fused-ring (bicyclic) bond motifs is 1. The van der Waals surface area contributed by atoms with Crippen molar-refractivity contribution < 1.29 is 9.53 Å². The molecule has 2 aliphatic rings. The highest BCUT2D eigenvalue weighted by molar-refractivity contribution is 5.97. The van der Waals surface area contributed by atoms with Crippen molar-refractivity contribution in [2.24, 2.45) is 5.41 Å². The van der Waals surface area contributed by atoms with E-state index in [1.807, 2.05) is 18.2 Å². The summed E-state index contributed by atoms with van der Waals surface area (Å²) in [7, 11) is 1.76. The van der Waals surface area contributed by atoms with E-state index in [9.17, 15) is 10.1 Å². The molecule has 1 amide bonds. The smallest absolute Gasteiger partial charge is 0.264 e. The predicted octanol–water partition coefficient (Wildman–Crippen LogP) is 2.28. The van der Waals surface area contributed by atoms with Gasteiger partial charge < -0.3 is 9.64 Å². The molecule has 0 N–H and O–H groups in total. The third-order valence-corrected chi connectivity index (χ3v) is 4.20. The Morgan fingerprint density at radius 1 is 1.47 bits per heavy atom. The lowest BCUT2D eigenvalue weighted by Crippen LogP contribution is -2.35. The molecule has 98 valence electrons. The van der Waals surface area contributed by atoms with Gasteiger partial charge in [0.1, 0.15) is 5.75 Å². The van der Waals surface area contributed by atoms with Crippen molar-refractivity contribution in [2.45, 2.75) is 25.7 Å². The Kier molecular flexibility index (Phi) is 2.70. The average Bonchev–Trinajstić information content (AvgIpc) is 2.39. The summed E-state index contributed by atoms with van der Waals surface area (Å²) >= 11 is 0. The van der Waals surface area contributed by atoms with Gasteiger partial charge in [0.2, 0.25) is 0 Å². The van der Waals surface area contributed by atoms with Crippen molar-refractivity contribution in [2.75, 3.05) is 18.6 Å². The Morgan fingerprint density at radius 3 is 2.89 bits per heavy atom. The minimum atomic E-state index is -0.188. The zero-order chi connectivity index (χ0) is 13.5. The summed E-state index contributed by atoms with van der Waals surface area (Å²) in [4.78, 5) is 13.3. The van der Waals surface area contributed by atoms with Crippen LogP contribution in [0.15, 0.2) is 18.2 Å². The van der Waals surface area contributed by atoms with E-state index >= 15 is 0 Å². The average molecular weight is 256 g/mol. The van der Waals surface area contributed by atoms with Gasteiger partial charge in [-0.1, -0.05) is 12.5 Å². The lowest BCUT2D eigenvalue weighted by atomic mass is 9.66. The second-order valence-electron chi connectivity index (χ2n) is 5.47. The van der Waals surface area contributed by atoms with Gasteiger partial charge in [-0.05, 0) is 37.0 Å². The molecule has 19 heavy (non-hydrogen) atoms. The van der Waals surface area contributed by atoms with E-state index in [0.717, 1.165) is 42.7 Å². The Balaban J connectivity index is 1.89. The Morgan fingerprint density at radius 2 is 2.26 bits per heavy atom. The molecule has 3 rings (SSSR count). The van der Waals surface area contributed by atoms with Gasteiger partial charge in [0.05, 0.1) is 17.2 Å². The maximum Gasteiger partial charge on any atom is 0.264 e. The summed E-state index contributed by atoms with van der Waals surface area (Å²) < 4.78 is 5.40. The number of benzene rings is 1. The standard InChI is InChI=1S/C15H16N2O2/c1-17-12-7-11(8-15(10-16)5-2-6-15)3-4-13(12)19-9-14(17)18/h3-4,7H,2,5-6,8-9H2,1H3. The van der Waals surface area contributed by atoms with Crippen LogP contribution in [0.1, 0.15) is 24.8 Å². The second kappa shape index (κ2) is 4.27. The van der Waals surface area contributed by atoms with Gasteiger partial charge in [-0.15, -0.1) is 0 Å². The first-order chi connectivity index (χ1) is 9.13. The lowest BCUT2D eigenvalue weighted by molar-refractivity contribution is -0.120. The number of rotatable bonds is 2. The zero-order valence-electron chi connectivity index (χ0n) is 11.0. The van der Waals surface area contributed by atoms with Crippen LogP contribution in [0.2, 0.25) is 0 Å². The number of nitriles is 1. The third kappa shape index (κ3) is 1.95. The molecule has 1 fully saturated rings. The van der Waals surface area contributed by atoms with E-state index in [1.54, 1.807) is 11.9 Å². The summed E-state index contributed by atoms with van der Waals surface area (Å²) in [6, 6.07) is 8.33. The summed E-state index contributed by atoms with van der Waals surface area (Å²) in [6.45, 7) is 0.102. The first-order valence-corrected chi connectivity index (χ1v) is 6.57. The maximum absolute atomic E-state index is 11.6. The lowest BCUT2D eigenvalue weighted by Gasteiger charge is -2.35. The van der Waals surface area contributed by atoms with Crippen LogP contribution in [0.5, 0.6) is 5.75 Å². The summed E-state index contributed by atoms with van der Waals surface area (Å²) in [5.74, 6) is 0.703. The number of amides is 1. The predicted molar refractivity (Wildman–Crippen MR) is 70.9 cm³/mol. The van der Waals surface area contributed by atoms with Crippen molar-refractivity contribution >= 4 is 11.6 Å². The molecule has 1 aromatic rings. The van der Waals surface area contributed by atoms with Gasteiger partial charge >= 0.3 is 0 Å². The first kappa shape index (κ1) is 12.0. The molecular formula is C15H16N2O2. The van der Waals surface area contributed by atoms with Gasteiger partial charge in [-0.3, -0.25) is 4.79 Å². The third-order valence-electron chi connectivity index (χ3n) is 4.20. The molecule has 1 heterocycles. The number of hydrogen-bond acceptors (Lipinski definition) is 3. The fourth-order valence-electron chi connectivity index (χ4n) is 2.75. The minimum absolute atomic E-state index is 0.0386. The van der Waals surface area contributed by atoms with Crippen molar-refractivity contribution in [3.63, 3.8) is 0 Å². The van der Waals surface area contributed by atoms with Crippen molar-refractivity contribution in [1.29, 1.82) is 5.26 Å². The van der Waals surface area contributed by atoms with Crippen molar-refractivity contribution in [1.82, 2.24) is 0 Å². The van der Waals surface area contributed by atoms with Crippen molar-refractivity contribution in [3.05, 3.63) is 23.8 Å². The Hall–Kier alpha value is -2.02. The molecule has 0 spiro atoms. The number of hydrogen-bond donors (Lipinski definition) is 0. The summed E-state index contributed by atoms with van der Waals surface area (Å²) in [5, 5.41) is 9.29. The van der Waals surface area contributed by atoms with E-state index in [0.29, 0.717) is 0 Å². The molecule has 1 saturated carbocycles. The Bertz CT molecular complexity index is 570. The van der Waals surface area contributed by atoms with Crippen LogP contribution in [-0.2, 0) is 11.2 Å². The van der Waals surface area contributed by atoms with Gasteiger partial charge in [-0.2, -0.15) is 5.26 Å². The van der Waals surface area contributed by atoms with Crippen LogP contribution < -0.4 is 9.64 Å². The number of carbonyl (C=O) groups excluding carboxylic acids is 1. The van der Waals surface area contributed by atoms with E-state index in [1.165, 1.54) is 0 Å². The minimum Gasteiger partial charge on any atom is -0.482 e. The molecule has 0 atom stereocenters. The number of nitrogens with zero attached hydrogens (tertiary/aromatic N) is 2. The van der Waals surface area contributed by atoms with Gasteiger partial charge in [0, 0.05) is 7.05 Å². The van der Waals surface area contributed by atoms with E-state index in [4.69, 9.17) is 4.74 Å². The van der Waals surface area contributed by atoms with Crippen LogP contribution in [0, 0.1) is 16.7 Å². The SMILES string of the molecule is CN1C(=O)COc2ccc(CC3(C#N)CCC3)cc21. The quantitative estimate of drug-likeness (QED) is 0.815. The van der Waals surface area contributed by atoms with Gasteiger partial charge in [-0.25, -0.2) is 0 Å². The summed E-state index contributed by atoms with van der Waals surface area (Å²) in [6.07, 6.45) is 3.86.